The molecule has 0 saturated carbocycles. The number of nitrogens with one attached hydrogen (secondary N) is 2. The first kappa shape index (κ1) is 24.6. The fourth-order valence-electron chi connectivity index (χ4n) is 3.28. The van der Waals surface area contributed by atoms with Gasteiger partial charge in [-0.25, -0.2) is 0 Å². The third kappa shape index (κ3) is 6.90. The monoisotopic (exact) mass is 439 g/mol. The number of aromatic nitrogens is 2. The van der Waals surface area contributed by atoms with E-state index in [0.29, 0.717) is 12.5 Å². The molecule has 0 atom stereocenters. The number of rotatable bonds is 6. The number of ether oxygens (including phenoxy) is 1. The van der Waals surface area contributed by atoms with Gasteiger partial charge in [0.15, 0.2) is 5.96 Å². The first-order chi connectivity index (χ1) is 14.3. The minimum Gasteiger partial charge on any atom is -0.488 e. The Balaban J connectivity index is 2.04. The number of halogens is 3. The molecule has 0 aliphatic rings. The Kier molecular flexibility index (Phi) is 7.62. The second kappa shape index (κ2) is 9.62. The molecule has 172 valence electrons. The van der Waals surface area contributed by atoms with Crippen molar-refractivity contribution in [2.45, 2.75) is 59.4 Å². The summed E-state index contributed by atoms with van der Waals surface area (Å²) in [6, 6.07) is 4.04. The van der Waals surface area contributed by atoms with Crippen molar-refractivity contribution in [2.24, 2.45) is 12.0 Å². The number of aliphatic imine (C=N–C) groups is 1. The van der Waals surface area contributed by atoms with Crippen LogP contribution in [0, 0.1) is 13.8 Å². The molecule has 31 heavy (non-hydrogen) atoms. The smallest absolute Gasteiger partial charge is 0.416 e. The lowest BCUT2D eigenvalue weighted by molar-refractivity contribution is -0.138. The summed E-state index contributed by atoms with van der Waals surface area (Å²) in [6.45, 7) is 9.90. The topological polar surface area (TPSA) is 63.5 Å². The maximum Gasteiger partial charge on any atom is 0.416 e. The van der Waals surface area contributed by atoms with Gasteiger partial charge in [-0.05, 0) is 64.3 Å². The van der Waals surface area contributed by atoms with Crippen LogP contribution in [-0.2, 0) is 26.2 Å². The summed E-state index contributed by atoms with van der Waals surface area (Å²) in [6.07, 6.45) is -3.75. The van der Waals surface area contributed by atoms with Gasteiger partial charge in [0.1, 0.15) is 11.4 Å². The lowest BCUT2D eigenvalue weighted by atomic mass is 10.1. The van der Waals surface area contributed by atoms with Crippen molar-refractivity contribution in [3.63, 3.8) is 0 Å². The lowest BCUT2D eigenvalue weighted by Crippen LogP contribution is -2.38. The van der Waals surface area contributed by atoms with Gasteiger partial charge in [-0.2, -0.15) is 18.3 Å². The third-order valence-electron chi connectivity index (χ3n) is 4.81. The van der Waals surface area contributed by atoms with Crippen LogP contribution in [0.3, 0.4) is 0 Å². The van der Waals surface area contributed by atoms with Crippen LogP contribution < -0.4 is 15.4 Å². The van der Waals surface area contributed by atoms with E-state index < -0.39 is 17.3 Å². The summed E-state index contributed by atoms with van der Waals surface area (Å²) >= 11 is 0. The predicted molar refractivity (Wildman–Crippen MR) is 116 cm³/mol. The molecule has 2 N–H and O–H groups in total. The van der Waals surface area contributed by atoms with E-state index >= 15 is 0 Å². The average molecular weight is 440 g/mol. The van der Waals surface area contributed by atoms with E-state index in [-0.39, 0.29) is 17.9 Å². The highest BCUT2D eigenvalue weighted by Gasteiger charge is 2.34. The van der Waals surface area contributed by atoms with Crippen molar-refractivity contribution in [3.8, 4) is 5.75 Å². The normalized spacial score (nSPS) is 12.8. The van der Waals surface area contributed by atoms with Crippen molar-refractivity contribution in [2.75, 3.05) is 13.6 Å². The van der Waals surface area contributed by atoms with Crippen LogP contribution in [0.1, 0.15) is 48.8 Å². The molecule has 0 unspecified atom stereocenters. The molecule has 2 aromatic rings. The van der Waals surface area contributed by atoms with Crippen LogP contribution >= 0.6 is 0 Å². The molecule has 0 saturated heterocycles. The summed E-state index contributed by atoms with van der Waals surface area (Å²) in [4.78, 5) is 4.11. The molecule has 9 heteroatoms. The van der Waals surface area contributed by atoms with Gasteiger partial charge in [-0.15, -0.1) is 0 Å². The molecule has 0 bridgehead atoms. The molecule has 0 radical (unpaired) electrons. The summed E-state index contributed by atoms with van der Waals surface area (Å²) in [5.41, 5.74) is 2.03. The Morgan fingerprint density at radius 2 is 1.84 bits per heavy atom. The maximum atomic E-state index is 13.6. The highest BCUT2D eigenvalue weighted by atomic mass is 19.4. The van der Waals surface area contributed by atoms with Crippen molar-refractivity contribution in [3.05, 3.63) is 46.3 Å². The molecule has 0 spiro atoms. The van der Waals surface area contributed by atoms with Crippen molar-refractivity contribution < 1.29 is 17.9 Å². The van der Waals surface area contributed by atoms with E-state index in [0.717, 1.165) is 29.4 Å². The van der Waals surface area contributed by atoms with Crippen LogP contribution in [-0.4, -0.2) is 34.9 Å². The maximum absolute atomic E-state index is 13.6. The number of hydrogen-bond donors (Lipinski definition) is 2. The third-order valence-corrected chi connectivity index (χ3v) is 4.81. The quantitative estimate of drug-likeness (QED) is 0.525. The molecule has 2 rings (SSSR count). The summed E-state index contributed by atoms with van der Waals surface area (Å²) < 4.78 is 48.2. The van der Waals surface area contributed by atoms with Crippen LogP contribution in [0.5, 0.6) is 5.75 Å². The van der Waals surface area contributed by atoms with Crippen molar-refractivity contribution in [1.82, 2.24) is 20.4 Å². The zero-order valence-electron chi connectivity index (χ0n) is 19.2. The largest absolute Gasteiger partial charge is 0.488 e. The number of aryl methyl sites for hydroxylation is 2. The zero-order valence-corrected chi connectivity index (χ0v) is 19.2. The molecule has 0 aliphatic heterocycles. The van der Waals surface area contributed by atoms with Gasteiger partial charge in [-0.1, -0.05) is 6.07 Å². The summed E-state index contributed by atoms with van der Waals surface area (Å²) in [5, 5.41) is 10.5. The minimum atomic E-state index is -4.49. The molecule has 1 heterocycles. The van der Waals surface area contributed by atoms with E-state index in [1.807, 2.05) is 25.6 Å². The van der Waals surface area contributed by atoms with Gasteiger partial charge in [0.05, 0.1) is 11.3 Å². The van der Waals surface area contributed by atoms with E-state index in [4.69, 9.17) is 4.74 Å². The highest BCUT2D eigenvalue weighted by Crippen LogP contribution is 2.35. The second-order valence-corrected chi connectivity index (χ2v) is 8.41. The molecule has 1 aromatic carbocycles. The van der Waals surface area contributed by atoms with E-state index in [1.54, 1.807) is 33.9 Å². The van der Waals surface area contributed by atoms with Gasteiger partial charge in [0.2, 0.25) is 0 Å². The van der Waals surface area contributed by atoms with Gasteiger partial charge in [-0.3, -0.25) is 9.67 Å². The van der Waals surface area contributed by atoms with Crippen LogP contribution in [0.15, 0.2) is 23.2 Å². The number of benzene rings is 1. The summed E-state index contributed by atoms with van der Waals surface area (Å²) in [7, 11) is 3.48. The second-order valence-electron chi connectivity index (χ2n) is 8.41. The number of guanidine groups is 1. The van der Waals surface area contributed by atoms with Crippen LogP contribution in [0.2, 0.25) is 0 Å². The molecule has 6 nitrogen and oxygen atoms in total. The fourth-order valence-corrected chi connectivity index (χ4v) is 3.28. The first-order valence-corrected chi connectivity index (χ1v) is 10.1. The SMILES string of the molecule is CN=C(NCCc1c(C)nn(C)c1C)NCc1ccc(OC(C)(C)C)cc1C(F)(F)F. The molecule has 0 fully saturated rings. The molecule has 1 aromatic heterocycles. The van der Waals surface area contributed by atoms with Crippen LogP contribution in [0.25, 0.3) is 0 Å². The van der Waals surface area contributed by atoms with Crippen molar-refractivity contribution in [1.29, 1.82) is 0 Å². The fraction of sp³-hybridized carbons (Fsp3) is 0.545. The lowest BCUT2D eigenvalue weighted by Gasteiger charge is -2.23. The molecule has 0 amide bonds. The number of nitrogens with zero attached hydrogens (tertiary/aromatic N) is 3. The van der Waals surface area contributed by atoms with E-state index in [2.05, 4.69) is 20.7 Å². The van der Waals surface area contributed by atoms with Crippen molar-refractivity contribution >= 4 is 5.96 Å². The Hall–Kier alpha value is -2.71. The zero-order chi connectivity index (χ0) is 23.4. The van der Waals surface area contributed by atoms with Gasteiger partial charge < -0.3 is 15.4 Å². The van der Waals surface area contributed by atoms with Crippen LogP contribution in [0.4, 0.5) is 13.2 Å². The highest BCUT2D eigenvalue weighted by molar-refractivity contribution is 5.79. The Bertz CT molecular complexity index is 926. The first-order valence-electron chi connectivity index (χ1n) is 10.1. The number of hydrogen-bond acceptors (Lipinski definition) is 3. The van der Waals surface area contributed by atoms with Gasteiger partial charge in [0, 0.05) is 32.9 Å². The van der Waals surface area contributed by atoms with Gasteiger partial charge in [0.25, 0.3) is 0 Å². The predicted octanol–water partition coefficient (Wildman–Crippen LogP) is 4.14. The average Bonchev–Trinajstić information content (AvgIpc) is 2.89. The molecular formula is C22H32F3N5O. The van der Waals surface area contributed by atoms with E-state index in [1.165, 1.54) is 6.07 Å². The van der Waals surface area contributed by atoms with Gasteiger partial charge >= 0.3 is 6.18 Å². The molecular weight excluding hydrogens is 407 g/mol. The summed E-state index contributed by atoms with van der Waals surface area (Å²) in [5.74, 6) is 0.621. The standard InChI is InChI=1S/C22H32F3N5O/c1-14-18(15(2)30(7)29-14)10-11-27-20(26-6)28-13-16-8-9-17(31-21(3,4)5)12-19(16)22(23,24)25/h8-9,12H,10-11,13H2,1-7H3,(H2,26,27,28). The Labute approximate surface area is 181 Å². The Morgan fingerprint density at radius 3 is 2.35 bits per heavy atom. The molecule has 0 aliphatic carbocycles. The Morgan fingerprint density at radius 1 is 1.16 bits per heavy atom. The van der Waals surface area contributed by atoms with E-state index in [9.17, 15) is 13.2 Å². The minimum absolute atomic E-state index is 0.0186. The number of alkyl halides is 3.